The molecule has 86 valence electrons. The predicted octanol–water partition coefficient (Wildman–Crippen LogP) is 1.30. The lowest BCUT2D eigenvalue weighted by Crippen LogP contribution is -2.60. The van der Waals surface area contributed by atoms with E-state index in [1.807, 2.05) is 0 Å². The lowest BCUT2D eigenvalue weighted by molar-refractivity contribution is -0.384. The molecular formula is C10H11FN2O3. The molecule has 6 heteroatoms. The number of halogens is 1. The van der Waals surface area contributed by atoms with Gasteiger partial charge in [-0.25, -0.2) is 4.39 Å². The standard InChI is InChI=1S/C10H11FN2O3/c1-10(14)5-12(6-10)9-4-7(11)2-3-8(9)13(15)16/h2-4,14H,5-6H2,1H3. The number of rotatable bonds is 2. The minimum Gasteiger partial charge on any atom is -0.386 e. The van der Waals surface area contributed by atoms with Crippen LogP contribution in [0.1, 0.15) is 6.92 Å². The molecule has 0 aliphatic carbocycles. The van der Waals surface area contributed by atoms with Crippen LogP contribution in [0.3, 0.4) is 0 Å². The fourth-order valence-electron chi connectivity index (χ4n) is 1.85. The summed E-state index contributed by atoms with van der Waals surface area (Å²) in [6.45, 7) is 2.18. The van der Waals surface area contributed by atoms with Gasteiger partial charge < -0.3 is 10.0 Å². The summed E-state index contributed by atoms with van der Waals surface area (Å²) in [5.41, 5.74) is -0.770. The normalized spacial score (nSPS) is 18.1. The summed E-state index contributed by atoms with van der Waals surface area (Å²) >= 11 is 0. The minimum absolute atomic E-state index is 0.142. The predicted molar refractivity (Wildman–Crippen MR) is 55.9 cm³/mol. The van der Waals surface area contributed by atoms with Gasteiger partial charge in [0, 0.05) is 25.2 Å². The van der Waals surface area contributed by atoms with Crippen LogP contribution in [-0.4, -0.2) is 28.7 Å². The molecular weight excluding hydrogens is 215 g/mol. The molecule has 1 aliphatic heterocycles. The second kappa shape index (κ2) is 3.41. The zero-order valence-electron chi connectivity index (χ0n) is 8.68. The SMILES string of the molecule is CC1(O)CN(c2cc(F)ccc2[N+](=O)[O-])C1. The average molecular weight is 226 g/mol. The number of nitro benzene ring substituents is 1. The van der Waals surface area contributed by atoms with Crippen molar-refractivity contribution in [2.75, 3.05) is 18.0 Å². The Labute approximate surface area is 91.3 Å². The Morgan fingerprint density at radius 2 is 2.19 bits per heavy atom. The van der Waals surface area contributed by atoms with Crippen LogP contribution in [0.4, 0.5) is 15.8 Å². The van der Waals surface area contributed by atoms with E-state index < -0.39 is 16.3 Å². The summed E-state index contributed by atoms with van der Waals surface area (Å²) in [5, 5.41) is 20.3. The molecule has 0 radical (unpaired) electrons. The molecule has 1 heterocycles. The third-order valence-corrected chi connectivity index (χ3v) is 2.54. The van der Waals surface area contributed by atoms with E-state index in [9.17, 15) is 19.6 Å². The zero-order chi connectivity index (χ0) is 11.9. The molecule has 0 bridgehead atoms. The molecule has 0 atom stereocenters. The Morgan fingerprint density at radius 1 is 1.56 bits per heavy atom. The lowest BCUT2D eigenvalue weighted by atomic mass is 9.96. The molecule has 1 aromatic rings. The highest BCUT2D eigenvalue weighted by molar-refractivity contribution is 5.65. The first-order valence-electron chi connectivity index (χ1n) is 4.80. The van der Waals surface area contributed by atoms with E-state index in [0.717, 1.165) is 18.2 Å². The number of β-amino-alcohol motifs (C(OH)–C–C–N with tert-alkyl or cyclic N) is 1. The molecule has 1 N–H and O–H groups in total. The Bertz CT molecular complexity index is 440. The van der Waals surface area contributed by atoms with Gasteiger partial charge in [0.1, 0.15) is 11.5 Å². The van der Waals surface area contributed by atoms with E-state index in [1.54, 1.807) is 11.8 Å². The zero-order valence-corrected chi connectivity index (χ0v) is 8.68. The fraction of sp³-hybridized carbons (Fsp3) is 0.400. The molecule has 5 nitrogen and oxygen atoms in total. The van der Waals surface area contributed by atoms with Crippen molar-refractivity contribution in [1.29, 1.82) is 0 Å². The molecule has 2 rings (SSSR count). The van der Waals surface area contributed by atoms with Crippen LogP contribution in [-0.2, 0) is 0 Å². The van der Waals surface area contributed by atoms with Crippen molar-refractivity contribution in [3.05, 3.63) is 34.1 Å². The number of nitro groups is 1. The van der Waals surface area contributed by atoms with Gasteiger partial charge in [-0.2, -0.15) is 0 Å². The maximum Gasteiger partial charge on any atom is 0.292 e. The third-order valence-electron chi connectivity index (χ3n) is 2.54. The molecule has 0 aromatic heterocycles. The maximum absolute atomic E-state index is 13.0. The molecule has 1 aromatic carbocycles. The first-order chi connectivity index (χ1) is 7.39. The van der Waals surface area contributed by atoms with Crippen molar-refractivity contribution >= 4 is 11.4 Å². The summed E-state index contributed by atoms with van der Waals surface area (Å²) in [6.07, 6.45) is 0. The second-order valence-corrected chi connectivity index (χ2v) is 4.24. The van der Waals surface area contributed by atoms with Crippen molar-refractivity contribution in [1.82, 2.24) is 0 Å². The fourth-order valence-corrected chi connectivity index (χ4v) is 1.85. The molecule has 0 saturated carbocycles. The second-order valence-electron chi connectivity index (χ2n) is 4.24. The molecule has 0 spiro atoms. The van der Waals surface area contributed by atoms with Crippen LogP contribution in [0.2, 0.25) is 0 Å². The lowest BCUT2D eigenvalue weighted by Gasteiger charge is -2.45. The van der Waals surface area contributed by atoms with Crippen molar-refractivity contribution in [2.24, 2.45) is 0 Å². The van der Waals surface area contributed by atoms with E-state index >= 15 is 0 Å². The van der Waals surface area contributed by atoms with E-state index in [4.69, 9.17) is 0 Å². The number of nitrogens with zero attached hydrogens (tertiary/aromatic N) is 2. The average Bonchev–Trinajstić information content (AvgIpc) is 2.13. The molecule has 16 heavy (non-hydrogen) atoms. The van der Waals surface area contributed by atoms with Gasteiger partial charge in [-0.15, -0.1) is 0 Å². The largest absolute Gasteiger partial charge is 0.386 e. The van der Waals surface area contributed by atoms with Crippen LogP contribution in [0.25, 0.3) is 0 Å². The van der Waals surface area contributed by atoms with Gasteiger partial charge in [-0.3, -0.25) is 10.1 Å². The molecule has 1 aliphatic rings. The van der Waals surface area contributed by atoms with Crippen molar-refractivity contribution < 1.29 is 14.4 Å². The Balaban J connectivity index is 2.33. The smallest absolute Gasteiger partial charge is 0.292 e. The first kappa shape index (κ1) is 10.8. The topological polar surface area (TPSA) is 66.6 Å². The van der Waals surface area contributed by atoms with Crippen LogP contribution >= 0.6 is 0 Å². The van der Waals surface area contributed by atoms with Crippen LogP contribution in [0, 0.1) is 15.9 Å². The number of hydrogen-bond acceptors (Lipinski definition) is 4. The van der Waals surface area contributed by atoms with Gasteiger partial charge in [0.25, 0.3) is 5.69 Å². The minimum atomic E-state index is -0.847. The molecule has 1 fully saturated rings. The van der Waals surface area contributed by atoms with Gasteiger partial charge in [0.15, 0.2) is 0 Å². The first-order valence-corrected chi connectivity index (χ1v) is 4.80. The Kier molecular flexibility index (Phi) is 2.31. The molecule has 0 amide bonds. The van der Waals surface area contributed by atoms with E-state index in [2.05, 4.69) is 0 Å². The van der Waals surface area contributed by atoms with E-state index in [-0.39, 0.29) is 24.5 Å². The van der Waals surface area contributed by atoms with Crippen molar-refractivity contribution in [3.63, 3.8) is 0 Å². The Morgan fingerprint density at radius 3 is 2.69 bits per heavy atom. The van der Waals surface area contributed by atoms with Gasteiger partial charge >= 0.3 is 0 Å². The van der Waals surface area contributed by atoms with E-state index in [1.165, 1.54) is 0 Å². The summed E-state index contributed by atoms with van der Waals surface area (Å²) in [7, 11) is 0. The number of anilines is 1. The summed E-state index contributed by atoms with van der Waals surface area (Å²) in [5.74, 6) is -0.521. The summed E-state index contributed by atoms with van der Waals surface area (Å²) in [4.78, 5) is 11.8. The highest BCUT2D eigenvalue weighted by Gasteiger charge is 2.39. The highest BCUT2D eigenvalue weighted by Crippen LogP contribution is 2.34. The van der Waals surface area contributed by atoms with Crippen molar-refractivity contribution in [3.8, 4) is 0 Å². The van der Waals surface area contributed by atoms with E-state index in [0.29, 0.717) is 0 Å². The monoisotopic (exact) mass is 226 g/mol. The van der Waals surface area contributed by atoms with Crippen molar-refractivity contribution in [2.45, 2.75) is 12.5 Å². The summed E-state index contributed by atoms with van der Waals surface area (Å²) in [6, 6.07) is 3.31. The van der Waals surface area contributed by atoms with Gasteiger partial charge in [-0.1, -0.05) is 0 Å². The van der Waals surface area contributed by atoms with Crippen LogP contribution < -0.4 is 4.90 Å². The van der Waals surface area contributed by atoms with Crippen LogP contribution in [0.5, 0.6) is 0 Å². The Hall–Kier alpha value is -1.69. The van der Waals surface area contributed by atoms with Gasteiger partial charge in [0.05, 0.1) is 10.5 Å². The number of benzene rings is 1. The maximum atomic E-state index is 13.0. The third kappa shape index (κ3) is 1.83. The van der Waals surface area contributed by atoms with Gasteiger partial charge in [-0.05, 0) is 13.0 Å². The van der Waals surface area contributed by atoms with Crippen LogP contribution in [0.15, 0.2) is 18.2 Å². The molecule has 1 saturated heterocycles. The molecule has 0 unspecified atom stereocenters. The highest BCUT2D eigenvalue weighted by atomic mass is 19.1. The summed E-state index contributed by atoms with van der Waals surface area (Å²) < 4.78 is 13.0. The number of hydrogen-bond donors (Lipinski definition) is 1. The number of aliphatic hydroxyl groups is 1. The van der Waals surface area contributed by atoms with Gasteiger partial charge in [0.2, 0.25) is 0 Å². The quantitative estimate of drug-likeness (QED) is 0.609.